The molecule has 86 valence electrons. The molecule has 1 heterocycles. The summed E-state index contributed by atoms with van der Waals surface area (Å²) >= 11 is 0. The van der Waals surface area contributed by atoms with E-state index in [1.54, 1.807) is 0 Å². The minimum Gasteiger partial charge on any atom is -0.303 e. The first-order valence-electron chi connectivity index (χ1n) is 5.99. The zero-order valence-corrected chi connectivity index (χ0v) is 9.99. The van der Waals surface area contributed by atoms with Crippen molar-refractivity contribution in [3.8, 4) is 0 Å². The van der Waals surface area contributed by atoms with Crippen molar-refractivity contribution < 1.29 is 4.79 Å². The zero-order valence-electron chi connectivity index (χ0n) is 9.99. The van der Waals surface area contributed by atoms with Gasteiger partial charge in [0.25, 0.3) is 0 Å². The van der Waals surface area contributed by atoms with Crippen molar-refractivity contribution in [2.75, 3.05) is 0 Å². The first-order valence-corrected chi connectivity index (χ1v) is 5.99. The van der Waals surface area contributed by atoms with Crippen molar-refractivity contribution in [3.05, 3.63) is 35.4 Å². The lowest BCUT2D eigenvalue weighted by molar-refractivity contribution is -0.121. The van der Waals surface area contributed by atoms with Gasteiger partial charge in [0.15, 0.2) is 0 Å². The predicted molar refractivity (Wildman–Crippen MR) is 65.2 cm³/mol. The van der Waals surface area contributed by atoms with Gasteiger partial charge in [0.1, 0.15) is 5.78 Å². The summed E-state index contributed by atoms with van der Waals surface area (Å²) in [6.45, 7) is 5.01. The van der Waals surface area contributed by atoms with E-state index in [1.165, 1.54) is 11.1 Å². The van der Waals surface area contributed by atoms with Gasteiger partial charge in [-0.15, -0.1) is 0 Å². The lowest BCUT2D eigenvalue weighted by Crippen LogP contribution is -2.42. The normalized spacial score (nSPS) is 19.6. The molecule has 0 saturated carbocycles. The zero-order chi connectivity index (χ0) is 11.5. The lowest BCUT2D eigenvalue weighted by atomic mass is 9.91. The van der Waals surface area contributed by atoms with Crippen LogP contribution in [0, 0.1) is 5.92 Å². The van der Waals surface area contributed by atoms with Crippen molar-refractivity contribution in [2.24, 2.45) is 5.92 Å². The highest BCUT2D eigenvalue weighted by Crippen LogP contribution is 2.18. The highest BCUT2D eigenvalue weighted by molar-refractivity contribution is 5.84. The molecule has 0 aromatic heterocycles. The third kappa shape index (κ3) is 2.50. The average molecular weight is 217 g/mol. The van der Waals surface area contributed by atoms with Gasteiger partial charge in [-0.2, -0.15) is 0 Å². The molecule has 16 heavy (non-hydrogen) atoms. The molecule has 1 unspecified atom stereocenters. The second-order valence-corrected chi connectivity index (χ2v) is 4.97. The number of carbonyl (C=O) groups excluding carboxylic acids is 1. The van der Waals surface area contributed by atoms with Crippen LogP contribution in [-0.4, -0.2) is 11.8 Å². The summed E-state index contributed by atoms with van der Waals surface area (Å²) in [5.41, 5.74) is 2.65. The number of rotatable bonds is 3. The van der Waals surface area contributed by atoms with Gasteiger partial charge in [-0.25, -0.2) is 0 Å². The highest BCUT2D eigenvalue weighted by atomic mass is 16.1. The van der Waals surface area contributed by atoms with Crippen molar-refractivity contribution in [1.29, 1.82) is 0 Å². The second-order valence-electron chi connectivity index (χ2n) is 4.97. The Morgan fingerprint density at radius 2 is 2.06 bits per heavy atom. The summed E-state index contributed by atoms with van der Waals surface area (Å²) in [6, 6.07) is 8.39. The van der Waals surface area contributed by atoms with E-state index in [-0.39, 0.29) is 6.04 Å². The predicted octanol–water partition coefficient (Wildman–Crippen LogP) is 2.32. The maximum Gasteiger partial charge on any atom is 0.150 e. The average Bonchev–Trinajstić information content (AvgIpc) is 2.27. The van der Waals surface area contributed by atoms with E-state index in [0.29, 0.717) is 18.1 Å². The number of fused-ring (bicyclic) bond motifs is 1. The van der Waals surface area contributed by atoms with Crippen LogP contribution < -0.4 is 5.32 Å². The van der Waals surface area contributed by atoms with Crippen LogP contribution in [-0.2, 0) is 17.8 Å². The van der Waals surface area contributed by atoms with Crippen molar-refractivity contribution >= 4 is 5.78 Å². The van der Waals surface area contributed by atoms with E-state index < -0.39 is 0 Å². The molecule has 1 N–H and O–H groups in total. The quantitative estimate of drug-likeness (QED) is 0.842. The van der Waals surface area contributed by atoms with Gasteiger partial charge in [0, 0.05) is 13.0 Å². The fourth-order valence-corrected chi connectivity index (χ4v) is 2.23. The molecule has 0 fully saturated rings. The summed E-state index contributed by atoms with van der Waals surface area (Å²) in [5.74, 6) is 0.802. The number of carbonyl (C=O) groups is 1. The van der Waals surface area contributed by atoms with Gasteiger partial charge in [0.2, 0.25) is 0 Å². The van der Waals surface area contributed by atoms with E-state index in [0.717, 1.165) is 13.0 Å². The number of nitrogens with one attached hydrogen (secondary N) is 1. The van der Waals surface area contributed by atoms with E-state index in [9.17, 15) is 4.79 Å². The first kappa shape index (κ1) is 11.3. The summed E-state index contributed by atoms with van der Waals surface area (Å²) in [6.07, 6.45) is 1.53. The molecule has 2 rings (SSSR count). The van der Waals surface area contributed by atoms with Gasteiger partial charge in [-0.3, -0.25) is 4.79 Å². The van der Waals surface area contributed by atoms with Crippen LogP contribution in [0.2, 0.25) is 0 Å². The monoisotopic (exact) mass is 217 g/mol. The van der Waals surface area contributed by atoms with Crippen LogP contribution in [0.15, 0.2) is 24.3 Å². The van der Waals surface area contributed by atoms with Gasteiger partial charge >= 0.3 is 0 Å². The Balaban J connectivity index is 2.05. The van der Waals surface area contributed by atoms with Gasteiger partial charge in [0.05, 0.1) is 6.04 Å². The Hall–Kier alpha value is -1.15. The molecule has 1 aliphatic heterocycles. The van der Waals surface area contributed by atoms with Crippen molar-refractivity contribution in [3.63, 3.8) is 0 Å². The topological polar surface area (TPSA) is 29.1 Å². The van der Waals surface area contributed by atoms with E-state index >= 15 is 0 Å². The molecule has 1 aromatic carbocycles. The molecule has 1 aromatic rings. The highest BCUT2D eigenvalue weighted by Gasteiger charge is 2.23. The van der Waals surface area contributed by atoms with Gasteiger partial charge in [-0.05, 0) is 23.5 Å². The molecule has 0 amide bonds. The van der Waals surface area contributed by atoms with Crippen LogP contribution in [0.1, 0.15) is 31.4 Å². The van der Waals surface area contributed by atoms with Crippen molar-refractivity contribution in [1.82, 2.24) is 5.32 Å². The third-order valence-electron chi connectivity index (χ3n) is 3.08. The summed E-state index contributed by atoms with van der Waals surface area (Å²) in [7, 11) is 0. The SMILES string of the molecule is CC(C)CC(=O)C1Cc2ccccc2CN1. The summed E-state index contributed by atoms with van der Waals surface area (Å²) in [4.78, 5) is 12.0. The van der Waals surface area contributed by atoms with E-state index in [4.69, 9.17) is 0 Å². The molecular formula is C14H19NO. The molecule has 0 spiro atoms. The largest absolute Gasteiger partial charge is 0.303 e. The molecule has 0 saturated heterocycles. The Morgan fingerprint density at radius 3 is 2.75 bits per heavy atom. The standard InChI is InChI=1S/C14H19NO/c1-10(2)7-14(16)13-8-11-5-3-4-6-12(11)9-15-13/h3-6,10,13,15H,7-9H2,1-2H3. The molecule has 0 aliphatic carbocycles. The van der Waals surface area contributed by atoms with Gasteiger partial charge < -0.3 is 5.32 Å². The smallest absolute Gasteiger partial charge is 0.150 e. The number of hydrogen-bond donors (Lipinski definition) is 1. The first-order chi connectivity index (χ1) is 7.66. The number of ketones is 1. The minimum absolute atomic E-state index is 0.0253. The fraction of sp³-hybridized carbons (Fsp3) is 0.500. The lowest BCUT2D eigenvalue weighted by Gasteiger charge is -2.25. The fourth-order valence-electron chi connectivity index (χ4n) is 2.23. The second kappa shape index (κ2) is 4.79. The molecule has 1 aliphatic rings. The number of hydrogen-bond acceptors (Lipinski definition) is 2. The third-order valence-corrected chi connectivity index (χ3v) is 3.08. The van der Waals surface area contributed by atoms with E-state index in [1.807, 2.05) is 6.07 Å². The molecule has 0 bridgehead atoms. The molecule has 2 nitrogen and oxygen atoms in total. The summed E-state index contributed by atoms with van der Waals surface area (Å²) in [5, 5.41) is 3.33. The van der Waals surface area contributed by atoms with E-state index in [2.05, 4.69) is 37.4 Å². The maximum absolute atomic E-state index is 12.0. The Labute approximate surface area is 97.1 Å². The Bertz CT molecular complexity index is 384. The molecule has 2 heteroatoms. The van der Waals surface area contributed by atoms with Crippen LogP contribution in [0.3, 0.4) is 0 Å². The van der Waals surface area contributed by atoms with Crippen LogP contribution >= 0.6 is 0 Å². The maximum atomic E-state index is 12.0. The molecular weight excluding hydrogens is 198 g/mol. The Kier molecular flexibility index (Phi) is 3.39. The molecule has 1 atom stereocenters. The van der Waals surface area contributed by atoms with Crippen LogP contribution in [0.25, 0.3) is 0 Å². The van der Waals surface area contributed by atoms with Crippen LogP contribution in [0.4, 0.5) is 0 Å². The molecule has 0 radical (unpaired) electrons. The van der Waals surface area contributed by atoms with Crippen molar-refractivity contribution in [2.45, 2.75) is 39.3 Å². The van der Waals surface area contributed by atoms with Crippen LogP contribution in [0.5, 0.6) is 0 Å². The summed E-state index contributed by atoms with van der Waals surface area (Å²) < 4.78 is 0. The Morgan fingerprint density at radius 1 is 1.38 bits per heavy atom. The van der Waals surface area contributed by atoms with Gasteiger partial charge in [-0.1, -0.05) is 38.1 Å². The number of Topliss-reactive ketones (excluding diaryl/α,β-unsaturated/α-hetero) is 1. The number of benzene rings is 1. The minimum atomic E-state index is 0.0253.